The van der Waals surface area contributed by atoms with Gasteiger partial charge in [0.25, 0.3) is 5.91 Å². The number of aryl methyl sites for hydroxylation is 2. The van der Waals surface area contributed by atoms with Crippen molar-refractivity contribution in [1.82, 2.24) is 4.98 Å². The van der Waals surface area contributed by atoms with Gasteiger partial charge < -0.3 is 14.6 Å². The van der Waals surface area contributed by atoms with E-state index in [0.29, 0.717) is 36.1 Å². The Hall–Kier alpha value is -3.45. The van der Waals surface area contributed by atoms with Crippen LogP contribution in [0.1, 0.15) is 33.1 Å². The molecule has 0 atom stereocenters. The number of halogens is 1. The van der Waals surface area contributed by atoms with E-state index in [9.17, 15) is 14.0 Å². The van der Waals surface area contributed by atoms with Crippen molar-refractivity contribution in [3.05, 3.63) is 87.1 Å². The summed E-state index contributed by atoms with van der Waals surface area (Å²) in [7, 11) is 0. The minimum atomic E-state index is -0.303. The van der Waals surface area contributed by atoms with Gasteiger partial charge in [-0.25, -0.2) is 4.39 Å². The molecule has 1 fully saturated rings. The van der Waals surface area contributed by atoms with Gasteiger partial charge in [0.1, 0.15) is 12.5 Å². The van der Waals surface area contributed by atoms with Crippen LogP contribution in [0.4, 0.5) is 21.5 Å². The van der Waals surface area contributed by atoms with Crippen LogP contribution in [0.2, 0.25) is 0 Å². The van der Waals surface area contributed by atoms with E-state index in [1.165, 1.54) is 18.2 Å². The maximum Gasteiger partial charge on any atom is 0.261 e. The van der Waals surface area contributed by atoms with E-state index in [2.05, 4.69) is 4.98 Å². The fourth-order valence-corrected chi connectivity index (χ4v) is 4.24. The van der Waals surface area contributed by atoms with Gasteiger partial charge in [-0.15, -0.1) is 0 Å². The first-order valence-electron chi connectivity index (χ1n) is 10.2. The Morgan fingerprint density at radius 2 is 1.71 bits per heavy atom. The predicted molar refractivity (Wildman–Crippen MR) is 117 cm³/mol. The molecule has 2 aliphatic heterocycles. The average Bonchev–Trinajstić information content (AvgIpc) is 2.68. The highest BCUT2D eigenvalue weighted by molar-refractivity contribution is 6.12. The summed E-state index contributed by atoms with van der Waals surface area (Å²) in [6, 6.07) is 13.6. The number of fused-ring (bicyclic) bond motifs is 1. The van der Waals surface area contributed by atoms with Gasteiger partial charge in [-0.05, 0) is 61.4 Å². The Morgan fingerprint density at radius 1 is 0.935 bits per heavy atom. The van der Waals surface area contributed by atoms with Gasteiger partial charge in [-0.1, -0.05) is 6.07 Å². The van der Waals surface area contributed by atoms with Crippen molar-refractivity contribution in [2.45, 2.75) is 19.8 Å². The van der Waals surface area contributed by atoms with Gasteiger partial charge >= 0.3 is 0 Å². The number of ether oxygens (including phenoxy) is 1. The summed E-state index contributed by atoms with van der Waals surface area (Å²) in [5, 5.41) is 0. The molecule has 1 saturated heterocycles. The van der Waals surface area contributed by atoms with Crippen LogP contribution in [0.25, 0.3) is 0 Å². The Morgan fingerprint density at radius 3 is 2.39 bits per heavy atom. The molecule has 0 unspecified atom stereocenters. The second kappa shape index (κ2) is 7.35. The molecule has 31 heavy (non-hydrogen) atoms. The van der Waals surface area contributed by atoms with Crippen LogP contribution in [0.3, 0.4) is 0 Å². The van der Waals surface area contributed by atoms with Crippen molar-refractivity contribution in [2.24, 2.45) is 0 Å². The normalized spacial score (nSPS) is 16.3. The number of carbonyl (C=O) groups excluding carboxylic acids is 1. The number of pyridine rings is 1. The fraction of sp³-hybridized carbons (Fsp3) is 0.250. The van der Waals surface area contributed by atoms with E-state index in [1.807, 2.05) is 30.0 Å². The number of hydrogen-bond donors (Lipinski definition) is 1. The van der Waals surface area contributed by atoms with Gasteiger partial charge in [0.05, 0.1) is 30.2 Å². The van der Waals surface area contributed by atoms with Crippen LogP contribution in [0, 0.1) is 19.7 Å². The molecule has 3 heterocycles. The molecule has 1 aromatic heterocycles. The zero-order chi connectivity index (χ0) is 21.7. The molecule has 1 N–H and O–H groups in total. The van der Waals surface area contributed by atoms with Crippen LogP contribution < -0.4 is 15.4 Å². The summed E-state index contributed by atoms with van der Waals surface area (Å²) in [6.45, 7) is 5.21. The molecule has 0 saturated carbocycles. The first-order chi connectivity index (χ1) is 14.9. The van der Waals surface area contributed by atoms with Gasteiger partial charge in [0, 0.05) is 23.4 Å². The lowest BCUT2D eigenvalue weighted by Crippen LogP contribution is -2.46. The lowest BCUT2D eigenvalue weighted by atomic mass is 9.94. The molecule has 2 aliphatic rings. The number of anilines is 3. The van der Waals surface area contributed by atoms with E-state index < -0.39 is 0 Å². The monoisotopic (exact) mass is 419 g/mol. The van der Waals surface area contributed by atoms with Crippen LogP contribution in [-0.4, -0.2) is 30.8 Å². The molecular weight excluding hydrogens is 397 g/mol. The Bertz CT molecular complexity index is 1250. The highest BCUT2D eigenvalue weighted by Gasteiger charge is 2.34. The van der Waals surface area contributed by atoms with Gasteiger partial charge in [0.15, 0.2) is 0 Å². The number of amides is 1. The minimum absolute atomic E-state index is 0.141. The van der Waals surface area contributed by atoms with Crippen molar-refractivity contribution in [3.63, 3.8) is 0 Å². The van der Waals surface area contributed by atoms with E-state index in [-0.39, 0.29) is 24.0 Å². The van der Waals surface area contributed by atoms with Gasteiger partial charge in [-0.2, -0.15) is 0 Å². The molecule has 3 aromatic rings. The molecule has 1 amide bonds. The van der Waals surface area contributed by atoms with Gasteiger partial charge in [-0.3, -0.25) is 14.5 Å². The quantitative estimate of drug-likeness (QED) is 0.697. The summed E-state index contributed by atoms with van der Waals surface area (Å²) in [4.78, 5) is 31.6. The molecule has 7 heteroatoms. The number of carbonyl (C=O) groups is 1. The number of aromatic amines is 1. The molecule has 0 radical (unpaired) electrons. The van der Waals surface area contributed by atoms with E-state index in [1.54, 1.807) is 24.0 Å². The van der Waals surface area contributed by atoms with Crippen molar-refractivity contribution >= 4 is 23.0 Å². The second-order valence-electron chi connectivity index (χ2n) is 8.08. The Kier molecular flexibility index (Phi) is 4.63. The molecule has 0 spiro atoms. The largest absolute Gasteiger partial charge is 0.380 e. The topological polar surface area (TPSA) is 65.6 Å². The standard InChI is InChI=1S/C24H22FN3O3/c1-14-9-18(25)4-6-20(14)27-13-28(21-7-8-23(29)26-15(21)2)24(30)19-5-3-16(10-22(19)27)17-11-31-12-17/h3-10,17H,11-13H2,1-2H3,(H,26,29). The number of hydrogen-bond acceptors (Lipinski definition) is 4. The molecule has 6 nitrogen and oxygen atoms in total. The smallest absolute Gasteiger partial charge is 0.261 e. The van der Waals surface area contributed by atoms with Crippen LogP contribution in [0.15, 0.2) is 53.3 Å². The van der Waals surface area contributed by atoms with Crippen LogP contribution >= 0.6 is 0 Å². The summed E-state index contributed by atoms with van der Waals surface area (Å²) in [5.41, 5.74) is 5.10. The highest BCUT2D eigenvalue weighted by atomic mass is 19.1. The number of H-pyrrole nitrogens is 1. The van der Waals surface area contributed by atoms with Crippen LogP contribution in [-0.2, 0) is 4.74 Å². The number of rotatable bonds is 3. The van der Waals surface area contributed by atoms with E-state index in [4.69, 9.17) is 4.74 Å². The predicted octanol–water partition coefficient (Wildman–Crippen LogP) is 4.00. The number of nitrogens with zero attached hydrogens (tertiary/aromatic N) is 2. The first kappa shape index (κ1) is 19.5. The SMILES string of the molecule is Cc1cc(F)ccc1N1CN(c2ccc(=O)[nH]c2C)C(=O)c2ccc(C3COC3)cc21. The third-order valence-corrected chi connectivity index (χ3v) is 6.01. The third kappa shape index (κ3) is 3.31. The zero-order valence-corrected chi connectivity index (χ0v) is 17.3. The molecule has 0 bridgehead atoms. The lowest BCUT2D eigenvalue weighted by Gasteiger charge is -2.40. The molecule has 0 aliphatic carbocycles. The van der Waals surface area contributed by atoms with E-state index in [0.717, 1.165) is 22.5 Å². The van der Waals surface area contributed by atoms with Crippen molar-refractivity contribution in [2.75, 3.05) is 29.7 Å². The van der Waals surface area contributed by atoms with Gasteiger partial charge in [0.2, 0.25) is 5.56 Å². The summed E-state index contributed by atoms with van der Waals surface area (Å²) in [6.07, 6.45) is 0. The number of aromatic nitrogens is 1. The molecule has 158 valence electrons. The average molecular weight is 419 g/mol. The van der Waals surface area contributed by atoms with Crippen molar-refractivity contribution in [3.8, 4) is 0 Å². The van der Waals surface area contributed by atoms with Crippen LogP contribution in [0.5, 0.6) is 0 Å². The number of benzene rings is 2. The fourth-order valence-electron chi connectivity index (χ4n) is 4.24. The number of nitrogens with one attached hydrogen (secondary N) is 1. The maximum absolute atomic E-state index is 13.8. The van der Waals surface area contributed by atoms with Crippen molar-refractivity contribution < 1.29 is 13.9 Å². The lowest BCUT2D eigenvalue weighted by molar-refractivity contribution is 0.00843. The summed E-state index contributed by atoms with van der Waals surface area (Å²) >= 11 is 0. The zero-order valence-electron chi connectivity index (χ0n) is 17.3. The van der Waals surface area contributed by atoms with Crippen molar-refractivity contribution in [1.29, 1.82) is 0 Å². The summed E-state index contributed by atoms with van der Waals surface area (Å²) in [5.74, 6) is -0.128. The summed E-state index contributed by atoms with van der Waals surface area (Å²) < 4.78 is 19.1. The van der Waals surface area contributed by atoms with E-state index >= 15 is 0 Å². The maximum atomic E-state index is 13.8. The second-order valence-corrected chi connectivity index (χ2v) is 8.08. The molecule has 2 aromatic carbocycles. The first-order valence-corrected chi connectivity index (χ1v) is 10.2. The third-order valence-electron chi connectivity index (χ3n) is 6.01. The minimum Gasteiger partial charge on any atom is -0.380 e. The highest BCUT2D eigenvalue weighted by Crippen LogP contribution is 2.39. The molecule has 5 rings (SSSR count). The Labute approximate surface area is 178 Å². The Balaban J connectivity index is 1.67. The molecular formula is C24H22FN3O3.